The van der Waals surface area contributed by atoms with E-state index in [4.69, 9.17) is 0 Å². The van der Waals surface area contributed by atoms with Crippen LogP contribution in [0.1, 0.15) is 129 Å². The summed E-state index contributed by atoms with van der Waals surface area (Å²) >= 11 is -2.12. The van der Waals surface area contributed by atoms with Gasteiger partial charge < -0.3 is 0 Å². The second kappa shape index (κ2) is 11.0. The van der Waals surface area contributed by atoms with Crippen LogP contribution in [0.25, 0.3) is 0 Å². The fourth-order valence-corrected chi connectivity index (χ4v) is 31.8. The Hall–Kier alpha value is 0.799. The molecular weight excluding hydrogens is 407 g/mol. The molecule has 146 valence electrons. The third-order valence-electron chi connectivity index (χ3n) is 8.56. The van der Waals surface area contributed by atoms with E-state index in [0.29, 0.717) is 0 Å². The first-order valence-corrected chi connectivity index (χ1v) is 19.3. The van der Waals surface area contributed by atoms with Crippen LogP contribution >= 0.6 is 0 Å². The molecule has 0 saturated heterocycles. The van der Waals surface area contributed by atoms with Crippen LogP contribution in [0, 0.1) is 0 Å². The van der Waals surface area contributed by atoms with Gasteiger partial charge in [-0.3, -0.25) is 0 Å². The van der Waals surface area contributed by atoms with Gasteiger partial charge >= 0.3 is 164 Å². The van der Waals surface area contributed by atoms with Crippen LogP contribution in [0.4, 0.5) is 0 Å². The molecule has 0 unspecified atom stereocenters. The molecular formula is C24H46Sn. The van der Waals surface area contributed by atoms with Gasteiger partial charge in [0, 0.05) is 0 Å². The quantitative estimate of drug-likeness (QED) is 0.254. The number of hydrogen-bond donors (Lipinski definition) is 0. The van der Waals surface area contributed by atoms with Crippen molar-refractivity contribution >= 4 is 18.4 Å². The molecule has 0 aromatic rings. The zero-order valence-corrected chi connectivity index (χ0v) is 20.2. The zero-order valence-electron chi connectivity index (χ0n) is 17.4. The van der Waals surface area contributed by atoms with E-state index in [1.807, 2.05) is 4.44 Å². The maximum atomic E-state index is 2.39. The second-order valence-electron chi connectivity index (χ2n) is 9.93. The van der Waals surface area contributed by atoms with Gasteiger partial charge in [0.2, 0.25) is 0 Å². The van der Waals surface area contributed by atoms with Crippen molar-refractivity contribution in [3.05, 3.63) is 0 Å². The minimum absolute atomic E-state index is 1.30. The summed E-state index contributed by atoms with van der Waals surface area (Å²) in [7, 11) is 0. The molecule has 0 amide bonds. The molecule has 25 heavy (non-hydrogen) atoms. The Balaban J connectivity index is 1.82. The molecule has 0 spiro atoms. The first-order valence-electron chi connectivity index (χ1n) is 12.4. The van der Waals surface area contributed by atoms with Crippen molar-refractivity contribution in [2.45, 2.75) is 145 Å². The standard InChI is InChI=1S/3C6H11.C6H13.Sn/c3*1-2-4-6-5-3-1;1-3-5-6-4-2;/h3*1H,2-6H2;1,3-6H2,2H3;. The van der Waals surface area contributed by atoms with Crippen LogP contribution < -0.4 is 0 Å². The van der Waals surface area contributed by atoms with E-state index in [1.54, 1.807) is 109 Å². The predicted molar refractivity (Wildman–Crippen MR) is 115 cm³/mol. The number of hydrogen-bond acceptors (Lipinski definition) is 0. The van der Waals surface area contributed by atoms with Gasteiger partial charge in [-0.25, -0.2) is 0 Å². The summed E-state index contributed by atoms with van der Waals surface area (Å²) in [6, 6.07) is 0. The summed E-state index contributed by atoms with van der Waals surface area (Å²) in [5, 5.41) is 0. The minimum atomic E-state index is -2.12. The summed E-state index contributed by atoms with van der Waals surface area (Å²) in [5.41, 5.74) is 0. The molecule has 0 bridgehead atoms. The first kappa shape index (κ1) is 20.5. The fraction of sp³-hybridized carbons (Fsp3) is 1.00. The first-order chi connectivity index (χ1) is 12.4. The van der Waals surface area contributed by atoms with Gasteiger partial charge in [-0.05, 0) is 0 Å². The molecule has 3 aliphatic carbocycles. The Bertz CT molecular complexity index is 300. The molecule has 3 saturated carbocycles. The van der Waals surface area contributed by atoms with Gasteiger partial charge in [-0.15, -0.1) is 0 Å². The van der Waals surface area contributed by atoms with E-state index in [0.717, 1.165) is 0 Å². The van der Waals surface area contributed by atoms with Crippen LogP contribution in [-0.2, 0) is 0 Å². The van der Waals surface area contributed by atoms with E-state index in [9.17, 15) is 0 Å². The molecule has 0 atom stereocenters. The molecule has 0 radical (unpaired) electrons. The fourth-order valence-electron chi connectivity index (χ4n) is 7.39. The van der Waals surface area contributed by atoms with Gasteiger partial charge in [0.25, 0.3) is 0 Å². The maximum absolute atomic E-state index is 2.39. The van der Waals surface area contributed by atoms with Crippen molar-refractivity contribution in [2.24, 2.45) is 0 Å². The third kappa shape index (κ3) is 5.20. The van der Waals surface area contributed by atoms with Crippen molar-refractivity contribution in [2.75, 3.05) is 0 Å². The molecule has 0 heterocycles. The average Bonchev–Trinajstić information content (AvgIpc) is 2.70. The SMILES string of the molecule is CCCCC[CH2][Sn]([CH]1CCCCC1)([CH]1CCCCC1)[CH]1CCCCC1. The van der Waals surface area contributed by atoms with E-state index in [2.05, 4.69) is 6.92 Å². The Kier molecular flexibility index (Phi) is 9.00. The molecule has 1 heteroatoms. The topological polar surface area (TPSA) is 0 Å². The van der Waals surface area contributed by atoms with E-state index in [1.165, 1.54) is 24.6 Å². The summed E-state index contributed by atoms with van der Waals surface area (Å²) in [6.07, 6.45) is 30.4. The average molecular weight is 453 g/mol. The monoisotopic (exact) mass is 454 g/mol. The van der Waals surface area contributed by atoms with Crippen molar-refractivity contribution in [1.29, 1.82) is 0 Å². The van der Waals surface area contributed by atoms with Crippen LogP contribution in [0.2, 0.25) is 16.2 Å². The van der Waals surface area contributed by atoms with E-state index < -0.39 is 18.4 Å². The molecule has 0 aliphatic heterocycles. The zero-order chi connectivity index (χ0) is 17.4. The third-order valence-corrected chi connectivity index (χ3v) is 30.0. The Morgan fingerprint density at radius 1 is 0.520 bits per heavy atom. The van der Waals surface area contributed by atoms with Gasteiger partial charge in [0.05, 0.1) is 0 Å². The molecule has 0 nitrogen and oxygen atoms in total. The van der Waals surface area contributed by atoms with Crippen molar-refractivity contribution < 1.29 is 0 Å². The Morgan fingerprint density at radius 3 is 1.28 bits per heavy atom. The molecule has 3 rings (SSSR count). The molecule has 3 aliphatic rings. The molecule has 0 aromatic carbocycles. The van der Waals surface area contributed by atoms with Gasteiger partial charge in [-0.1, -0.05) is 0 Å². The van der Waals surface area contributed by atoms with Crippen LogP contribution in [0.3, 0.4) is 0 Å². The second-order valence-corrected chi connectivity index (χ2v) is 24.7. The molecule has 3 fully saturated rings. The Labute approximate surface area is 163 Å². The van der Waals surface area contributed by atoms with E-state index in [-0.39, 0.29) is 0 Å². The number of unbranched alkanes of at least 4 members (excludes halogenated alkanes) is 3. The van der Waals surface area contributed by atoms with Gasteiger partial charge in [0.15, 0.2) is 0 Å². The summed E-state index contributed by atoms with van der Waals surface area (Å²) in [5.74, 6) is 0. The van der Waals surface area contributed by atoms with Crippen molar-refractivity contribution in [1.82, 2.24) is 0 Å². The summed E-state index contributed by atoms with van der Waals surface area (Å²) in [6.45, 7) is 2.39. The van der Waals surface area contributed by atoms with E-state index >= 15 is 0 Å². The van der Waals surface area contributed by atoms with Gasteiger partial charge in [-0.2, -0.15) is 0 Å². The molecule has 0 N–H and O–H groups in total. The predicted octanol–water partition coefficient (Wildman–Crippen LogP) is 9.02. The van der Waals surface area contributed by atoms with Crippen molar-refractivity contribution in [3.8, 4) is 0 Å². The number of rotatable bonds is 8. The molecule has 0 aromatic heterocycles. The normalized spacial score (nSPS) is 25.3. The summed E-state index contributed by atoms with van der Waals surface area (Å²) < 4.78 is 5.72. The Morgan fingerprint density at radius 2 is 0.920 bits per heavy atom. The van der Waals surface area contributed by atoms with Crippen LogP contribution in [0.5, 0.6) is 0 Å². The van der Waals surface area contributed by atoms with Crippen LogP contribution in [-0.4, -0.2) is 18.4 Å². The van der Waals surface area contributed by atoms with Crippen LogP contribution in [0.15, 0.2) is 0 Å². The van der Waals surface area contributed by atoms with Gasteiger partial charge in [0.1, 0.15) is 0 Å². The van der Waals surface area contributed by atoms with Crippen molar-refractivity contribution in [3.63, 3.8) is 0 Å². The summed E-state index contributed by atoms with van der Waals surface area (Å²) in [4.78, 5) is 0.